The van der Waals surface area contributed by atoms with Gasteiger partial charge in [-0.3, -0.25) is 4.79 Å². The summed E-state index contributed by atoms with van der Waals surface area (Å²) in [6, 6.07) is 13.0. The molecule has 2 aromatic carbocycles. The lowest BCUT2D eigenvalue weighted by Crippen LogP contribution is -2.31. The molecule has 126 valence electrons. The molecule has 24 heavy (non-hydrogen) atoms. The van der Waals surface area contributed by atoms with Crippen LogP contribution in [0.2, 0.25) is 10.0 Å². The molecule has 0 N–H and O–H groups in total. The van der Waals surface area contributed by atoms with Crippen molar-refractivity contribution in [2.75, 3.05) is 19.4 Å². The minimum atomic E-state index is -0.0551. The maximum Gasteiger partial charge on any atom is 0.228 e. The second-order valence-corrected chi connectivity index (χ2v) is 7.53. The standard InChI is InChI=1S/C18H17Cl2NO2S/c1-23-14-5-2-12(3-6-14)10-17(22)21-8-9-24-18(21)15-7-4-13(19)11-16(15)20/h2-7,11,18H,8-10H2,1H3/t18-/m0/s1. The van der Waals surface area contributed by atoms with E-state index in [0.29, 0.717) is 16.5 Å². The molecule has 6 heteroatoms. The Kier molecular flexibility index (Phi) is 5.59. The number of methoxy groups -OCH3 is 1. The van der Waals surface area contributed by atoms with E-state index in [1.807, 2.05) is 41.3 Å². The topological polar surface area (TPSA) is 29.5 Å². The van der Waals surface area contributed by atoms with Gasteiger partial charge in [0.2, 0.25) is 5.91 Å². The van der Waals surface area contributed by atoms with Crippen LogP contribution >= 0.6 is 35.0 Å². The number of ether oxygens (including phenoxy) is 1. The van der Waals surface area contributed by atoms with Crippen LogP contribution in [0.4, 0.5) is 0 Å². The van der Waals surface area contributed by atoms with E-state index in [-0.39, 0.29) is 11.3 Å². The molecule has 0 aromatic heterocycles. The van der Waals surface area contributed by atoms with E-state index in [9.17, 15) is 4.79 Å². The quantitative estimate of drug-likeness (QED) is 0.760. The van der Waals surface area contributed by atoms with E-state index in [2.05, 4.69) is 0 Å². The summed E-state index contributed by atoms with van der Waals surface area (Å²) >= 11 is 14.0. The summed E-state index contributed by atoms with van der Waals surface area (Å²) in [5, 5.41) is 1.15. The van der Waals surface area contributed by atoms with Crippen molar-refractivity contribution >= 4 is 40.9 Å². The molecule has 0 aliphatic carbocycles. The molecule has 1 aliphatic rings. The lowest BCUT2D eigenvalue weighted by molar-refractivity contribution is -0.130. The van der Waals surface area contributed by atoms with Gasteiger partial charge >= 0.3 is 0 Å². The van der Waals surface area contributed by atoms with E-state index in [4.69, 9.17) is 27.9 Å². The van der Waals surface area contributed by atoms with Gasteiger partial charge in [-0.15, -0.1) is 11.8 Å². The summed E-state index contributed by atoms with van der Waals surface area (Å²) < 4.78 is 5.15. The Labute approximate surface area is 155 Å². The molecule has 2 aromatic rings. The van der Waals surface area contributed by atoms with Gasteiger partial charge in [0.1, 0.15) is 11.1 Å². The maximum atomic E-state index is 12.7. The van der Waals surface area contributed by atoms with Crippen molar-refractivity contribution < 1.29 is 9.53 Å². The highest BCUT2D eigenvalue weighted by Crippen LogP contribution is 2.41. The number of benzene rings is 2. The highest BCUT2D eigenvalue weighted by atomic mass is 35.5. The average molecular weight is 382 g/mol. The third kappa shape index (κ3) is 3.82. The Hall–Kier alpha value is -1.36. The van der Waals surface area contributed by atoms with Crippen LogP contribution in [-0.2, 0) is 11.2 Å². The van der Waals surface area contributed by atoms with Crippen LogP contribution in [0.5, 0.6) is 5.75 Å². The first kappa shape index (κ1) is 17.5. The van der Waals surface area contributed by atoms with Gasteiger partial charge in [-0.2, -0.15) is 0 Å². The molecule has 1 aliphatic heterocycles. The summed E-state index contributed by atoms with van der Waals surface area (Å²) in [6.07, 6.45) is 0.367. The van der Waals surface area contributed by atoms with Gasteiger partial charge in [0.15, 0.2) is 0 Å². The van der Waals surface area contributed by atoms with Gasteiger partial charge in [0.05, 0.1) is 13.5 Å². The smallest absolute Gasteiger partial charge is 0.228 e. The summed E-state index contributed by atoms with van der Waals surface area (Å²) in [5.41, 5.74) is 1.91. The molecule has 1 fully saturated rings. The van der Waals surface area contributed by atoms with Gasteiger partial charge in [-0.25, -0.2) is 0 Å². The number of rotatable bonds is 4. The zero-order chi connectivity index (χ0) is 17.1. The maximum absolute atomic E-state index is 12.7. The van der Waals surface area contributed by atoms with E-state index < -0.39 is 0 Å². The third-order valence-electron chi connectivity index (χ3n) is 3.95. The molecule has 3 nitrogen and oxygen atoms in total. The summed E-state index contributed by atoms with van der Waals surface area (Å²) in [7, 11) is 1.63. The number of nitrogens with zero attached hydrogens (tertiary/aromatic N) is 1. The van der Waals surface area contributed by atoms with Gasteiger partial charge in [0.25, 0.3) is 0 Å². The van der Waals surface area contributed by atoms with Gasteiger partial charge in [0, 0.05) is 27.9 Å². The summed E-state index contributed by atoms with van der Waals surface area (Å²) in [4.78, 5) is 14.6. The van der Waals surface area contributed by atoms with Crippen LogP contribution in [0.3, 0.4) is 0 Å². The van der Waals surface area contributed by atoms with Crippen LogP contribution in [0, 0.1) is 0 Å². The molecule has 0 radical (unpaired) electrons. The second kappa shape index (κ2) is 7.68. The van der Waals surface area contributed by atoms with Gasteiger partial charge < -0.3 is 9.64 Å². The molecular weight excluding hydrogens is 365 g/mol. The monoisotopic (exact) mass is 381 g/mol. The zero-order valence-electron chi connectivity index (χ0n) is 13.2. The molecule has 3 rings (SSSR count). The number of hydrogen-bond donors (Lipinski definition) is 0. The first-order valence-electron chi connectivity index (χ1n) is 7.57. The van der Waals surface area contributed by atoms with Crippen molar-refractivity contribution in [3.63, 3.8) is 0 Å². The van der Waals surface area contributed by atoms with Crippen molar-refractivity contribution in [1.29, 1.82) is 0 Å². The normalized spacial score (nSPS) is 17.1. The van der Waals surface area contributed by atoms with Crippen LogP contribution in [0.25, 0.3) is 0 Å². The molecule has 0 saturated carbocycles. The third-order valence-corrected chi connectivity index (χ3v) is 5.76. The molecule has 1 amide bonds. The number of hydrogen-bond acceptors (Lipinski definition) is 3. The van der Waals surface area contributed by atoms with Crippen LogP contribution in [0.1, 0.15) is 16.5 Å². The zero-order valence-corrected chi connectivity index (χ0v) is 15.5. The Morgan fingerprint density at radius 1 is 1.25 bits per heavy atom. The van der Waals surface area contributed by atoms with E-state index in [0.717, 1.165) is 29.2 Å². The fourth-order valence-corrected chi connectivity index (χ4v) is 4.59. The van der Waals surface area contributed by atoms with Crippen LogP contribution in [-0.4, -0.2) is 30.2 Å². The van der Waals surface area contributed by atoms with Gasteiger partial charge in [-0.1, -0.05) is 41.4 Å². The number of halogens is 2. The minimum absolute atomic E-state index is 0.0551. The average Bonchev–Trinajstić information content (AvgIpc) is 3.05. The predicted octanol–water partition coefficient (Wildman–Crippen LogP) is 4.82. The first-order valence-corrected chi connectivity index (χ1v) is 9.38. The number of thioether (sulfide) groups is 1. The van der Waals surface area contributed by atoms with Gasteiger partial charge in [-0.05, 0) is 29.8 Å². The highest BCUT2D eigenvalue weighted by Gasteiger charge is 2.31. The van der Waals surface area contributed by atoms with Crippen molar-refractivity contribution in [2.45, 2.75) is 11.8 Å². The molecular formula is C18H17Cl2NO2S. The lowest BCUT2D eigenvalue weighted by Gasteiger charge is -2.25. The van der Waals surface area contributed by atoms with Crippen molar-refractivity contribution in [3.05, 3.63) is 63.6 Å². The second-order valence-electron chi connectivity index (χ2n) is 5.50. The molecule has 0 spiro atoms. The molecule has 0 unspecified atom stereocenters. The van der Waals surface area contributed by atoms with E-state index in [1.165, 1.54) is 0 Å². The Balaban J connectivity index is 1.75. The van der Waals surface area contributed by atoms with Crippen molar-refractivity contribution in [1.82, 2.24) is 4.90 Å². The number of carbonyl (C=O) groups is 1. The fraction of sp³-hybridized carbons (Fsp3) is 0.278. The highest BCUT2D eigenvalue weighted by molar-refractivity contribution is 7.99. The Morgan fingerprint density at radius 2 is 2.00 bits per heavy atom. The van der Waals surface area contributed by atoms with E-state index in [1.54, 1.807) is 24.9 Å². The first-order chi connectivity index (χ1) is 11.6. The predicted molar refractivity (Wildman–Crippen MR) is 100 cm³/mol. The summed E-state index contributed by atoms with van der Waals surface area (Å²) in [5.74, 6) is 1.78. The lowest BCUT2D eigenvalue weighted by atomic mass is 10.1. The fourth-order valence-electron chi connectivity index (χ4n) is 2.70. The van der Waals surface area contributed by atoms with Crippen LogP contribution in [0.15, 0.2) is 42.5 Å². The van der Waals surface area contributed by atoms with E-state index >= 15 is 0 Å². The number of carbonyl (C=O) groups excluding carboxylic acids is 1. The summed E-state index contributed by atoms with van der Waals surface area (Å²) in [6.45, 7) is 0.725. The number of amides is 1. The minimum Gasteiger partial charge on any atom is -0.497 e. The van der Waals surface area contributed by atoms with Crippen LogP contribution < -0.4 is 4.74 Å². The van der Waals surface area contributed by atoms with Crippen molar-refractivity contribution in [2.24, 2.45) is 0 Å². The van der Waals surface area contributed by atoms with Crippen molar-refractivity contribution in [3.8, 4) is 5.75 Å². The molecule has 1 heterocycles. The largest absolute Gasteiger partial charge is 0.497 e. The molecule has 0 bridgehead atoms. The molecule has 1 atom stereocenters. The molecule has 1 saturated heterocycles. The Bertz CT molecular complexity index is 736. The SMILES string of the molecule is COc1ccc(CC(=O)N2CCS[C@H]2c2ccc(Cl)cc2Cl)cc1. The Morgan fingerprint density at radius 3 is 2.67 bits per heavy atom.